The predicted molar refractivity (Wildman–Crippen MR) is 66.8 cm³/mol. The molecule has 1 rings (SSSR count). The van der Waals surface area contributed by atoms with Gasteiger partial charge in [0.25, 0.3) is 5.91 Å². The molecule has 2 N–H and O–H groups in total. The Kier molecular flexibility index (Phi) is 5.45. The standard InChI is InChI=1S/C12H14ClNO4/c1-2-9(12(16)17)14-11(15)7-18-10-6-4-3-5-8(10)13/h3-6,9H,2,7H2,1H3,(H,14,15)(H,16,17)/t9-/m0/s1. The van der Waals surface area contributed by atoms with Crippen molar-refractivity contribution in [1.82, 2.24) is 5.32 Å². The number of benzene rings is 1. The number of hydrogen-bond donors (Lipinski definition) is 2. The van der Waals surface area contributed by atoms with E-state index in [2.05, 4.69) is 5.32 Å². The molecule has 0 aromatic heterocycles. The number of halogens is 1. The van der Waals surface area contributed by atoms with Crippen molar-refractivity contribution in [3.63, 3.8) is 0 Å². The number of hydrogen-bond acceptors (Lipinski definition) is 3. The molecular weight excluding hydrogens is 258 g/mol. The first-order chi connectivity index (χ1) is 8.54. The molecule has 98 valence electrons. The minimum Gasteiger partial charge on any atom is -0.482 e. The van der Waals surface area contributed by atoms with Gasteiger partial charge in [0, 0.05) is 0 Å². The van der Waals surface area contributed by atoms with Crippen LogP contribution in [0.2, 0.25) is 5.02 Å². The van der Waals surface area contributed by atoms with Crippen LogP contribution in [-0.2, 0) is 9.59 Å². The summed E-state index contributed by atoms with van der Waals surface area (Å²) in [5, 5.41) is 11.5. The molecule has 0 bridgehead atoms. The Hall–Kier alpha value is -1.75. The third-order valence-electron chi connectivity index (χ3n) is 2.24. The van der Waals surface area contributed by atoms with Gasteiger partial charge in [0.05, 0.1) is 5.02 Å². The van der Waals surface area contributed by atoms with Crippen molar-refractivity contribution < 1.29 is 19.4 Å². The van der Waals surface area contributed by atoms with Crippen molar-refractivity contribution in [2.75, 3.05) is 6.61 Å². The predicted octanol–water partition coefficient (Wildman–Crippen LogP) is 1.70. The maximum absolute atomic E-state index is 11.5. The second-order valence-corrected chi connectivity index (χ2v) is 3.99. The first-order valence-electron chi connectivity index (χ1n) is 5.44. The fraction of sp³-hybridized carbons (Fsp3) is 0.333. The van der Waals surface area contributed by atoms with Crippen molar-refractivity contribution >= 4 is 23.5 Å². The molecule has 1 atom stereocenters. The molecule has 0 aliphatic rings. The summed E-state index contributed by atoms with van der Waals surface area (Å²) in [6.07, 6.45) is 0.313. The highest BCUT2D eigenvalue weighted by Crippen LogP contribution is 2.22. The van der Waals surface area contributed by atoms with Gasteiger partial charge >= 0.3 is 5.97 Å². The number of carboxylic acids is 1. The molecule has 0 saturated carbocycles. The van der Waals surface area contributed by atoms with E-state index in [0.29, 0.717) is 17.2 Å². The number of amides is 1. The Morgan fingerprint density at radius 1 is 1.44 bits per heavy atom. The van der Waals surface area contributed by atoms with Crippen LogP contribution < -0.4 is 10.1 Å². The van der Waals surface area contributed by atoms with E-state index in [4.69, 9.17) is 21.4 Å². The van der Waals surface area contributed by atoms with E-state index < -0.39 is 17.9 Å². The number of carbonyl (C=O) groups excluding carboxylic acids is 1. The second-order valence-electron chi connectivity index (χ2n) is 3.59. The first-order valence-corrected chi connectivity index (χ1v) is 5.82. The minimum absolute atomic E-state index is 0.270. The lowest BCUT2D eigenvalue weighted by molar-refractivity contribution is -0.142. The van der Waals surface area contributed by atoms with E-state index in [0.717, 1.165) is 0 Å². The molecular formula is C12H14ClNO4. The summed E-state index contributed by atoms with van der Waals surface area (Å²) in [4.78, 5) is 22.2. The zero-order valence-corrected chi connectivity index (χ0v) is 10.6. The van der Waals surface area contributed by atoms with Gasteiger partial charge < -0.3 is 15.2 Å². The van der Waals surface area contributed by atoms with Crippen molar-refractivity contribution in [1.29, 1.82) is 0 Å². The summed E-state index contributed by atoms with van der Waals surface area (Å²) in [6.45, 7) is 1.40. The lowest BCUT2D eigenvalue weighted by Gasteiger charge is -2.13. The summed E-state index contributed by atoms with van der Waals surface area (Å²) < 4.78 is 5.19. The molecule has 1 aromatic carbocycles. The molecule has 18 heavy (non-hydrogen) atoms. The van der Waals surface area contributed by atoms with Gasteiger partial charge in [0.2, 0.25) is 0 Å². The highest BCUT2D eigenvalue weighted by atomic mass is 35.5. The fourth-order valence-electron chi connectivity index (χ4n) is 1.28. The smallest absolute Gasteiger partial charge is 0.326 e. The van der Waals surface area contributed by atoms with Crippen molar-refractivity contribution in [3.05, 3.63) is 29.3 Å². The van der Waals surface area contributed by atoms with Crippen LogP contribution in [0.15, 0.2) is 24.3 Å². The normalized spacial score (nSPS) is 11.7. The molecule has 0 unspecified atom stereocenters. The van der Waals surface area contributed by atoms with E-state index in [-0.39, 0.29) is 6.61 Å². The van der Waals surface area contributed by atoms with E-state index in [9.17, 15) is 9.59 Å². The molecule has 0 radical (unpaired) electrons. The van der Waals surface area contributed by atoms with Gasteiger partial charge in [0.1, 0.15) is 11.8 Å². The van der Waals surface area contributed by atoms with Crippen LogP contribution >= 0.6 is 11.6 Å². The van der Waals surface area contributed by atoms with Crippen LogP contribution in [0.5, 0.6) is 5.75 Å². The highest BCUT2D eigenvalue weighted by molar-refractivity contribution is 6.32. The van der Waals surface area contributed by atoms with E-state index in [1.54, 1.807) is 31.2 Å². The van der Waals surface area contributed by atoms with Crippen LogP contribution in [0.25, 0.3) is 0 Å². The molecule has 0 aliphatic heterocycles. The summed E-state index contributed by atoms with van der Waals surface area (Å²) in [6, 6.07) is 5.84. The van der Waals surface area contributed by atoms with E-state index in [1.807, 2.05) is 0 Å². The Morgan fingerprint density at radius 3 is 2.67 bits per heavy atom. The molecule has 0 heterocycles. The van der Waals surface area contributed by atoms with Gasteiger partial charge in [-0.25, -0.2) is 4.79 Å². The molecule has 6 heteroatoms. The molecule has 0 fully saturated rings. The highest BCUT2D eigenvalue weighted by Gasteiger charge is 2.17. The Balaban J connectivity index is 2.47. The third-order valence-corrected chi connectivity index (χ3v) is 2.55. The molecule has 1 amide bonds. The maximum atomic E-state index is 11.5. The Morgan fingerprint density at radius 2 is 2.11 bits per heavy atom. The number of ether oxygens (including phenoxy) is 1. The van der Waals surface area contributed by atoms with E-state index >= 15 is 0 Å². The molecule has 0 spiro atoms. The zero-order valence-electron chi connectivity index (χ0n) is 9.85. The van der Waals surface area contributed by atoms with Gasteiger partial charge in [0.15, 0.2) is 6.61 Å². The SMILES string of the molecule is CC[C@H](NC(=O)COc1ccccc1Cl)C(=O)O. The van der Waals surface area contributed by atoms with Crippen LogP contribution in [0.4, 0.5) is 0 Å². The molecule has 1 aromatic rings. The summed E-state index contributed by atoms with van der Waals surface area (Å²) in [7, 11) is 0. The van der Waals surface area contributed by atoms with Gasteiger partial charge in [-0.05, 0) is 18.6 Å². The van der Waals surface area contributed by atoms with Gasteiger partial charge in [-0.15, -0.1) is 0 Å². The quantitative estimate of drug-likeness (QED) is 0.826. The van der Waals surface area contributed by atoms with Gasteiger partial charge in [-0.3, -0.25) is 4.79 Å². The number of carboxylic acid groups (broad SMARTS) is 1. The van der Waals surface area contributed by atoms with Crippen molar-refractivity contribution in [3.8, 4) is 5.75 Å². The van der Waals surface area contributed by atoms with E-state index in [1.165, 1.54) is 0 Å². The summed E-state index contributed by atoms with van der Waals surface area (Å²) in [5.41, 5.74) is 0. The van der Waals surface area contributed by atoms with Crippen LogP contribution in [-0.4, -0.2) is 29.6 Å². The number of carbonyl (C=O) groups is 2. The van der Waals surface area contributed by atoms with Gasteiger partial charge in [-0.1, -0.05) is 30.7 Å². The maximum Gasteiger partial charge on any atom is 0.326 e. The largest absolute Gasteiger partial charge is 0.482 e. The monoisotopic (exact) mass is 271 g/mol. The third kappa shape index (κ3) is 4.25. The molecule has 0 aliphatic carbocycles. The van der Waals surface area contributed by atoms with Crippen molar-refractivity contribution in [2.45, 2.75) is 19.4 Å². The van der Waals surface area contributed by atoms with Gasteiger partial charge in [-0.2, -0.15) is 0 Å². The molecule has 5 nitrogen and oxygen atoms in total. The molecule has 0 saturated heterocycles. The van der Waals surface area contributed by atoms with Crippen molar-refractivity contribution in [2.24, 2.45) is 0 Å². The first kappa shape index (κ1) is 14.3. The summed E-state index contributed by atoms with van der Waals surface area (Å²) in [5.74, 6) is -1.18. The van der Waals surface area contributed by atoms with Crippen LogP contribution in [0.3, 0.4) is 0 Å². The second kappa shape index (κ2) is 6.86. The lowest BCUT2D eigenvalue weighted by atomic mass is 10.2. The lowest BCUT2D eigenvalue weighted by Crippen LogP contribution is -2.42. The number of aliphatic carboxylic acids is 1. The number of nitrogens with one attached hydrogen (secondary N) is 1. The fourth-order valence-corrected chi connectivity index (χ4v) is 1.47. The van der Waals surface area contributed by atoms with Crippen LogP contribution in [0, 0.1) is 0 Å². The number of para-hydroxylation sites is 1. The number of rotatable bonds is 6. The van der Waals surface area contributed by atoms with Crippen LogP contribution in [0.1, 0.15) is 13.3 Å². The summed E-state index contributed by atoms with van der Waals surface area (Å²) >= 11 is 5.84. The topological polar surface area (TPSA) is 75.6 Å². The Bertz CT molecular complexity index is 436. The average molecular weight is 272 g/mol. The Labute approximate surface area is 110 Å². The zero-order chi connectivity index (χ0) is 13.5. The average Bonchev–Trinajstić information content (AvgIpc) is 2.34. The minimum atomic E-state index is -1.07.